The van der Waals surface area contributed by atoms with Gasteiger partial charge in [0, 0.05) is 30.4 Å². The number of aliphatic carboxylic acids is 1. The monoisotopic (exact) mass is 742 g/mol. The van der Waals surface area contributed by atoms with Gasteiger partial charge in [0.05, 0.1) is 16.3 Å². The Kier molecular flexibility index (Phi) is 13.0. The third-order valence-corrected chi connectivity index (χ3v) is 10.2. The highest BCUT2D eigenvalue weighted by Gasteiger charge is 2.26. The lowest BCUT2D eigenvalue weighted by Crippen LogP contribution is -2.34. The number of anilines is 2. The second kappa shape index (κ2) is 17.2. The van der Waals surface area contributed by atoms with Crippen LogP contribution in [0.1, 0.15) is 79.2 Å². The summed E-state index contributed by atoms with van der Waals surface area (Å²) in [5.41, 5.74) is 8.46. The van der Waals surface area contributed by atoms with Crippen LogP contribution in [0.15, 0.2) is 101 Å². The second-order valence-electron chi connectivity index (χ2n) is 13.6. The van der Waals surface area contributed by atoms with E-state index in [9.17, 15) is 32.7 Å². The summed E-state index contributed by atoms with van der Waals surface area (Å²) in [5.74, 6) is -1.99. The number of carbonyl (C=O) groups excluding carboxylic acids is 3. The number of sulfone groups is 1. The molecular formula is C40H46N4O8S. The Balaban J connectivity index is 1.47. The van der Waals surface area contributed by atoms with E-state index in [1.165, 1.54) is 42.3 Å². The topological polar surface area (TPSA) is 185 Å². The predicted molar refractivity (Wildman–Crippen MR) is 202 cm³/mol. The molecule has 0 saturated heterocycles. The first-order valence-electron chi connectivity index (χ1n) is 17.2. The maximum atomic E-state index is 13.6. The van der Waals surface area contributed by atoms with Crippen LogP contribution in [0.2, 0.25) is 0 Å². The van der Waals surface area contributed by atoms with Crippen LogP contribution >= 0.6 is 0 Å². The van der Waals surface area contributed by atoms with E-state index in [1.54, 1.807) is 69.3 Å². The van der Waals surface area contributed by atoms with Crippen molar-refractivity contribution in [2.45, 2.75) is 81.4 Å². The number of carbonyl (C=O) groups is 4. The molecule has 0 aliphatic carbocycles. The maximum Gasteiger partial charge on any atom is 0.410 e. The first-order valence-corrected chi connectivity index (χ1v) is 18.6. The van der Waals surface area contributed by atoms with Gasteiger partial charge in [0.2, 0.25) is 21.7 Å². The van der Waals surface area contributed by atoms with Crippen molar-refractivity contribution in [2.75, 3.05) is 17.7 Å². The Bertz CT molecular complexity index is 2080. The molecule has 0 heterocycles. The van der Waals surface area contributed by atoms with E-state index >= 15 is 0 Å². The van der Waals surface area contributed by atoms with Crippen molar-refractivity contribution in [3.63, 3.8) is 0 Å². The van der Waals surface area contributed by atoms with E-state index in [-0.39, 0.29) is 34.2 Å². The highest BCUT2D eigenvalue weighted by molar-refractivity contribution is 7.91. The Morgan fingerprint density at radius 2 is 1.58 bits per heavy atom. The Hall–Kier alpha value is -5.69. The molecule has 280 valence electrons. The summed E-state index contributed by atoms with van der Waals surface area (Å²) < 4.78 is 32.7. The summed E-state index contributed by atoms with van der Waals surface area (Å²) in [6.45, 7) is 7.09. The molecule has 0 aromatic heterocycles. The number of aryl methyl sites for hydroxylation is 2. The minimum Gasteiger partial charge on any atom is -0.479 e. The van der Waals surface area contributed by atoms with Gasteiger partial charge in [0.1, 0.15) is 5.60 Å². The number of nitrogens with one attached hydrogen (secondary N) is 2. The van der Waals surface area contributed by atoms with E-state index in [0.29, 0.717) is 41.8 Å². The zero-order valence-corrected chi connectivity index (χ0v) is 31.3. The van der Waals surface area contributed by atoms with E-state index in [1.807, 2.05) is 19.1 Å². The standard InChI is InChI=1S/C40H46N4O8S/c1-6-26-22-28(36(38(47)48)43-31-14-10-13-29(23-31)37(41)46)19-18-27(26)12-11-17-35(45)42-32-20-21-34(53(50,51)33-15-8-7-9-16-33)30(24-32)25-44(5)39(49)52-40(2,3)4/h7-10,13-16,18-24,36,43H,6,11-12,17,25H2,1-5H3,(H2,41,46)(H,42,45)(H,47,48). The lowest BCUT2D eigenvalue weighted by molar-refractivity contribution is -0.138. The molecule has 3 amide bonds. The van der Waals surface area contributed by atoms with Crippen molar-refractivity contribution < 1.29 is 37.4 Å². The number of benzene rings is 4. The third-order valence-electron chi connectivity index (χ3n) is 8.30. The molecular weight excluding hydrogens is 697 g/mol. The van der Waals surface area contributed by atoms with E-state index < -0.39 is 39.4 Å². The van der Waals surface area contributed by atoms with Crippen molar-refractivity contribution in [3.8, 4) is 0 Å². The van der Waals surface area contributed by atoms with Gasteiger partial charge >= 0.3 is 12.1 Å². The van der Waals surface area contributed by atoms with Crippen molar-refractivity contribution in [1.82, 2.24) is 4.90 Å². The van der Waals surface area contributed by atoms with Crippen LogP contribution in [0.3, 0.4) is 0 Å². The molecule has 0 fully saturated rings. The third kappa shape index (κ3) is 10.9. The van der Waals surface area contributed by atoms with Gasteiger partial charge in [-0.25, -0.2) is 18.0 Å². The zero-order valence-electron chi connectivity index (χ0n) is 30.5. The molecule has 13 heteroatoms. The van der Waals surface area contributed by atoms with E-state index in [2.05, 4.69) is 10.6 Å². The number of hydrogen-bond acceptors (Lipinski definition) is 8. The number of primary amides is 1. The zero-order chi connectivity index (χ0) is 38.9. The summed E-state index contributed by atoms with van der Waals surface area (Å²) >= 11 is 0. The molecule has 4 aromatic carbocycles. The predicted octanol–water partition coefficient (Wildman–Crippen LogP) is 6.75. The number of amides is 3. The lowest BCUT2D eigenvalue weighted by Gasteiger charge is -2.25. The van der Waals surface area contributed by atoms with Gasteiger partial charge in [-0.3, -0.25) is 9.59 Å². The average molecular weight is 743 g/mol. The van der Waals surface area contributed by atoms with Crippen molar-refractivity contribution in [1.29, 1.82) is 0 Å². The smallest absolute Gasteiger partial charge is 0.410 e. The molecule has 5 N–H and O–H groups in total. The van der Waals surface area contributed by atoms with Crippen LogP contribution in [0.25, 0.3) is 0 Å². The van der Waals surface area contributed by atoms with Gasteiger partial charge < -0.3 is 31.1 Å². The average Bonchev–Trinajstić information content (AvgIpc) is 3.10. The maximum absolute atomic E-state index is 13.6. The van der Waals surface area contributed by atoms with Crippen molar-refractivity contribution in [3.05, 3.63) is 119 Å². The summed E-state index contributed by atoms with van der Waals surface area (Å²) in [6.07, 6.45) is 1.23. The molecule has 0 radical (unpaired) electrons. The summed E-state index contributed by atoms with van der Waals surface area (Å²) in [7, 11) is -2.44. The molecule has 4 aromatic rings. The number of rotatable bonds is 15. The molecule has 4 rings (SSSR count). The SMILES string of the molecule is CCc1cc(C(Nc2cccc(C(N)=O)c2)C(=O)O)ccc1CCCC(=O)Nc1ccc(S(=O)(=O)c2ccccc2)c(CN(C)C(=O)OC(C)(C)C)c1. The lowest BCUT2D eigenvalue weighted by atomic mass is 9.95. The molecule has 12 nitrogen and oxygen atoms in total. The van der Waals surface area contributed by atoms with Gasteiger partial charge in [0.15, 0.2) is 6.04 Å². The first kappa shape index (κ1) is 40.1. The largest absolute Gasteiger partial charge is 0.479 e. The molecule has 0 aliphatic heterocycles. The van der Waals surface area contributed by atoms with Gasteiger partial charge in [-0.15, -0.1) is 0 Å². The molecule has 0 bridgehead atoms. The quantitative estimate of drug-likeness (QED) is 0.102. The fourth-order valence-corrected chi connectivity index (χ4v) is 7.19. The number of carboxylic acid groups (broad SMARTS) is 1. The fraction of sp³-hybridized carbons (Fsp3) is 0.300. The Morgan fingerprint density at radius 3 is 2.23 bits per heavy atom. The summed E-state index contributed by atoms with van der Waals surface area (Å²) in [4.78, 5) is 51.1. The van der Waals surface area contributed by atoms with Gasteiger partial charge in [-0.1, -0.05) is 49.4 Å². The highest BCUT2D eigenvalue weighted by Crippen LogP contribution is 2.29. The van der Waals surface area contributed by atoms with E-state index in [4.69, 9.17) is 10.5 Å². The van der Waals surface area contributed by atoms with Crippen molar-refractivity contribution in [2.24, 2.45) is 5.73 Å². The molecule has 53 heavy (non-hydrogen) atoms. The minimum atomic E-state index is -3.95. The molecule has 0 spiro atoms. The summed E-state index contributed by atoms with van der Waals surface area (Å²) in [5, 5.41) is 15.8. The number of nitrogens with two attached hydrogens (primary N) is 1. The Labute approximate surface area is 310 Å². The van der Waals surface area contributed by atoms with Crippen LogP contribution in [0, 0.1) is 0 Å². The van der Waals surface area contributed by atoms with Gasteiger partial charge in [-0.2, -0.15) is 0 Å². The molecule has 1 unspecified atom stereocenters. The fourth-order valence-electron chi connectivity index (χ4n) is 5.71. The van der Waals surface area contributed by atoms with Gasteiger partial charge in [-0.05, 0) is 111 Å². The molecule has 1 atom stereocenters. The second-order valence-corrected chi connectivity index (χ2v) is 15.5. The van der Waals surface area contributed by atoms with Crippen LogP contribution in [0.5, 0.6) is 0 Å². The van der Waals surface area contributed by atoms with Gasteiger partial charge in [0.25, 0.3) is 0 Å². The van der Waals surface area contributed by atoms with Crippen LogP contribution in [0.4, 0.5) is 16.2 Å². The number of ether oxygens (including phenoxy) is 1. The van der Waals surface area contributed by atoms with Crippen molar-refractivity contribution >= 4 is 45.1 Å². The van der Waals surface area contributed by atoms with E-state index in [0.717, 1.165) is 11.1 Å². The number of nitrogens with zero attached hydrogens (tertiary/aromatic N) is 1. The number of hydrogen-bond donors (Lipinski definition) is 4. The van der Waals surface area contributed by atoms with Crippen LogP contribution in [-0.2, 0) is 43.5 Å². The summed E-state index contributed by atoms with van der Waals surface area (Å²) in [6, 6.07) is 23.2. The molecule has 0 saturated carbocycles. The number of carboxylic acids is 1. The Morgan fingerprint density at radius 1 is 0.868 bits per heavy atom. The van der Waals surface area contributed by atoms with Crippen LogP contribution in [-0.4, -0.2) is 54.9 Å². The first-order chi connectivity index (χ1) is 25.0. The highest BCUT2D eigenvalue weighted by atomic mass is 32.2. The molecule has 0 aliphatic rings. The normalized spacial score (nSPS) is 12.0. The van der Waals surface area contributed by atoms with Crippen LogP contribution < -0.4 is 16.4 Å². The minimum absolute atomic E-state index is 0.00664.